The number of hydrogen-bond acceptors (Lipinski definition) is 5. The number of methoxy groups -OCH3 is 1. The lowest BCUT2D eigenvalue weighted by molar-refractivity contribution is -0.138. The molecule has 174 valence electrons. The molecule has 8 nitrogen and oxygen atoms in total. The van der Waals surface area contributed by atoms with Gasteiger partial charge in [0.15, 0.2) is 0 Å². The summed E-state index contributed by atoms with van der Waals surface area (Å²) in [4.78, 5) is 24.7. The van der Waals surface area contributed by atoms with Gasteiger partial charge in [-0.25, -0.2) is 0 Å². The molecule has 4 rings (SSSR count). The fourth-order valence-electron chi connectivity index (χ4n) is 4.26. The van der Waals surface area contributed by atoms with Crippen LogP contribution in [0.1, 0.15) is 40.9 Å². The number of phenols is 1. The van der Waals surface area contributed by atoms with Crippen molar-refractivity contribution in [2.75, 3.05) is 20.3 Å². The zero-order chi connectivity index (χ0) is 23.9. The van der Waals surface area contributed by atoms with Gasteiger partial charge in [0.1, 0.15) is 27.8 Å². The lowest BCUT2D eigenvalue weighted by atomic mass is 9.85. The first-order valence-corrected chi connectivity index (χ1v) is 10.9. The van der Waals surface area contributed by atoms with E-state index >= 15 is 0 Å². The highest BCUT2D eigenvalue weighted by atomic mass is 35.5. The number of aryl methyl sites for hydroxylation is 1. The smallest absolute Gasteiger partial charge is 0.310 e. The number of phenolic OH excluding ortho intramolecular Hbond substituents is 1. The van der Waals surface area contributed by atoms with E-state index in [2.05, 4.69) is 5.32 Å². The van der Waals surface area contributed by atoms with Gasteiger partial charge in [-0.15, -0.1) is 0 Å². The molecule has 1 aromatic heterocycles. The zero-order valence-corrected chi connectivity index (χ0v) is 19.3. The standard InChI is InChI=1S/C24H25ClN2O6/c1-4-15(23(30)31)13-5-7-14(8-6-13)24(11-33-12-24)26-22(29)18-9-16-17(27(18)2)10-19(32-3)20(25)21(16)28/h5-10,15,28H,4,11-12H2,1-3H3,(H,26,29)(H,30,31). The molecule has 1 aliphatic heterocycles. The number of nitrogens with one attached hydrogen (secondary N) is 1. The van der Waals surface area contributed by atoms with Crippen molar-refractivity contribution >= 4 is 34.4 Å². The molecule has 1 amide bonds. The summed E-state index contributed by atoms with van der Waals surface area (Å²) in [5.74, 6) is -1.62. The third-order valence-corrected chi connectivity index (χ3v) is 6.67. The Morgan fingerprint density at radius 3 is 2.45 bits per heavy atom. The first-order chi connectivity index (χ1) is 15.7. The Morgan fingerprint density at radius 1 is 1.27 bits per heavy atom. The summed E-state index contributed by atoms with van der Waals surface area (Å²) in [6, 6.07) is 10.5. The molecule has 33 heavy (non-hydrogen) atoms. The van der Waals surface area contributed by atoms with E-state index < -0.39 is 17.4 Å². The number of rotatable bonds is 7. The summed E-state index contributed by atoms with van der Waals surface area (Å²) in [7, 11) is 3.17. The Morgan fingerprint density at radius 2 is 1.94 bits per heavy atom. The van der Waals surface area contributed by atoms with Gasteiger partial charge in [-0.2, -0.15) is 0 Å². The highest BCUT2D eigenvalue weighted by molar-refractivity contribution is 6.34. The number of nitrogens with zero attached hydrogens (tertiary/aromatic N) is 1. The monoisotopic (exact) mass is 472 g/mol. The van der Waals surface area contributed by atoms with Crippen LogP contribution in [0.3, 0.4) is 0 Å². The van der Waals surface area contributed by atoms with E-state index in [0.29, 0.717) is 47.5 Å². The molecule has 1 fully saturated rings. The SMILES string of the molecule is CCC(C(=O)O)c1ccc(C2(NC(=O)c3cc4c(O)c(Cl)c(OC)cc4n3C)COC2)cc1. The van der Waals surface area contributed by atoms with Crippen molar-refractivity contribution in [2.45, 2.75) is 24.8 Å². The Kier molecular flexibility index (Phi) is 5.99. The average Bonchev–Trinajstić information content (AvgIpc) is 3.10. The third-order valence-electron chi connectivity index (χ3n) is 6.30. The molecule has 9 heteroatoms. The second-order valence-electron chi connectivity index (χ2n) is 8.21. The molecule has 0 aliphatic carbocycles. The molecule has 1 aliphatic rings. The van der Waals surface area contributed by atoms with Crippen LogP contribution >= 0.6 is 11.6 Å². The molecule has 0 saturated carbocycles. The van der Waals surface area contributed by atoms with Crippen molar-refractivity contribution in [1.29, 1.82) is 0 Å². The van der Waals surface area contributed by atoms with Crippen LogP contribution in [0.15, 0.2) is 36.4 Å². The third kappa shape index (κ3) is 3.79. The largest absolute Gasteiger partial charge is 0.506 e. The predicted octanol–water partition coefficient (Wildman–Crippen LogP) is 3.78. The number of carbonyl (C=O) groups is 2. The lowest BCUT2D eigenvalue weighted by Crippen LogP contribution is -2.59. The second-order valence-corrected chi connectivity index (χ2v) is 8.59. The maximum absolute atomic E-state index is 13.3. The fourth-order valence-corrected chi connectivity index (χ4v) is 4.49. The number of benzene rings is 2. The summed E-state index contributed by atoms with van der Waals surface area (Å²) < 4.78 is 12.3. The van der Waals surface area contributed by atoms with Crippen molar-refractivity contribution in [1.82, 2.24) is 9.88 Å². The number of carboxylic acid groups (broad SMARTS) is 1. The van der Waals surface area contributed by atoms with Gasteiger partial charge in [0.25, 0.3) is 5.91 Å². The Hall–Kier alpha value is -3.23. The van der Waals surface area contributed by atoms with Gasteiger partial charge in [-0.1, -0.05) is 42.8 Å². The van der Waals surface area contributed by atoms with E-state index in [4.69, 9.17) is 21.1 Å². The van der Waals surface area contributed by atoms with Crippen molar-refractivity contribution in [2.24, 2.45) is 7.05 Å². The average molecular weight is 473 g/mol. The molecule has 2 heterocycles. The number of amides is 1. The number of aromatic hydroxyl groups is 1. The van der Waals surface area contributed by atoms with Crippen LogP contribution in [-0.4, -0.2) is 47.0 Å². The predicted molar refractivity (Wildman–Crippen MR) is 123 cm³/mol. The van der Waals surface area contributed by atoms with E-state index in [0.717, 1.165) is 5.56 Å². The first-order valence-electron chi connectivity index (χ1n) is 10.5. The molecule has 2 aromatic carbocycles. The highest BCUT2D eigenvalue weighted by Crippen LogP contribution is 2.41. The lowest BCUT2D eigenvalue weighted by Gasteiger charge is -2.42. The van der Waals surface area contributed by atoms with Crippen LogP contribution in [0.5, 0.6) is 11.5 Å². The van der Waals surface area contributed by atoms with Gasteiger partial charge in [0, 0.05) is 18.5 Å². The maximum atomic E-state index is 13.3. The van der Waals surface area contributed by atoms with Crippen LogP contribution in [0, 0.1) is 0 Å². The van der Waals surface area contributed by atoms with E-state index in [1.165, 1.54) is 7.11 Å². The molecular weight excluding hydrogens is 448 g/mol. The van der Waals surface area contributed by atoms with E-state index in [-0.39, 0.29) is 16.7 Å². The molecule has 0 spiro atoms. The number of halogens is 1. The van der Waals surface area contributed by atoms with Gasteiger partial charge in [0.05, 0.1) is 31.8 Å². The maximum Gasteiger partial charge on any atom is 0.310 e. The number of hydrogen-bond donors (Lipinski definition) is 3. The number of aromatic nitrogens is 1. The number of carboxylic acids is 1. The summed E-state index contributed by atoms with van der Waals surface area (Å²) in [5.41, 5.74) is 1.75. The van der Waals surface area contributed by atoms with Crippen LogP contribution in [0.4, 0.5) is 0 Å². The van der Waals surface area contributed by atoms with Crippen molar-refractivity contribution in [3.05, 3.63) is 58.2 Å². The molecule has 0 bridgehead atoms. The van der Waals surface area contributed by atoms with E-state index in [1.807, 2.05) is 19.1 Å². The minimum atomic E-state index is -0.865. The Labute approximate surface area is 195 Å². The summed E-state index contributed by atoms with van der Waals surface area (Å²) in [6.45, 7) is 2.42. The van der Waals surface area contributed by atoms with Gasteiger partial charge in [0.2, 0.25) is 0 Å². The van der Waals surface area contributed by atoms with Gasteiger partial charge in [-0.05, 0) is 23.6 Å². The van der Waals surface area contributed by atoms with Crippen LogP contribution in [0.25, 0.3) is 10.9 Å². The first kappa shape index (κ1) is 22.9. The number of aliphatic carboxylic acids is 1. The quantitative estimate of drug-likeness (QED) is 0.482. The van der Waals surface area contributed by atoms with Gasteiger partial charge < -0.3 is 29.6 Å². The summed E-state index contributed by atoms with van der Waals surface area (Å²) >= 11 is 6.16. The molecule has 3 N–H and O–H groups in total. The Bertz CT molecular complexity index is 1230. The molecule has 1 unspecified atom stereocenters. The topological polar surface area (TPSA) is 110 Å². The number of ether oxygens (including phenoxy) is 2. The van der Waals surface area contributed by atoms with Crippen molar-refractivity contribution < 1.29 is 29.3 Å². The Balaban J connectivity index is 1.65. The molecular formula is C24H25ClN2O6. The van der Waals surface area contributed by atoms with Crippen molar-refractivity contribution in [3.63, 3.8) is 0 Å². The number of fused-ring (bicyclic) bond motifs is 1. The van der Waals surface area contributed by atoms with Crippen LogP contribution in [-0.2, 0) is 22.1 Å². The van der Waals surface area contributed by atoms with E-state index in [1.54, 1.807) is 35.9 Å². The van der Waals surface area contributed by atoms with E-state index in [9.17, 15) is 19.8 Å². The van der Waals surface area contributed by atoms with Crippen LogP contribution in [0.2, 0.25) is 5.02 Å². The second kappa shape index (κ2) is 8.61. The fraction of sp³-hybridized carbons (Fsp3) is 0.333. The summed E-state index contributed by atoms with van der Waals surface area (Å²) in [5, 5.41) is 23.5. The zero-order valence-electron chi connectivity index (χ0n) is 18.5. The normalized spacial score (nSPS) is 15.6. The molecule has 1 atom stereocenters. The molecule has 0 radical (unpaired) electrons. The molecule has 1 saturated heterocycles. The highest BCUT2D eigenvalue weighted by Gasteiger charge is 2.42. The minimum Gasteiger partial charge on any atom is -0.506 e. The van der Waals surface area contributed by atoms with Crippen molar-refractivity contribution in [3.8, 4) is 11.5 Å². The van der Waals surface area contributed by atoms with Crippen LogP contribution < -0.4 is 10.1 Å². The van der Waals surface area contributed by atoms with Gasteiger partial charge >= 0.3 is 5.97 Å². The van der Waals surface area contributed by atoms with Gasteiger partial charge in [-0.3, -0.25) is 9.59 Å². The molecule has 3 aromatic rings. The number of carbonyl (C=O) groups excluding carboxylic acids is 1. The minimum absolute atomic E-state index is 0.0817. The summed E-state index contributed by atoms with van der Waals surface area (Å²) in [6.07, 6.45) is 0.488.